The molecule has 12 heteroatoms. The van der Waals surface area contributed by atoms with Gasteiger partial charge in [0.05, 0.1) is 79.0 Å². The van der Waals surface area contributed by atoms with Crippen molar-refractivity contribution in [1.82, 2.24) is 9.13 Å². The van der Waals surface area contributed by atoms with E-state index in [9.17, 15) is 10.2 Å². The lowest BCUT2D eigenvalue weighted by Crippen LogP contribution is -2.55. The van der Waals surface area contributed by atoms with Gasteiger partial charge in [0.15, 0.2) is 0 Å². The first-order chi connectivity index (χ1) is 54.1. The number of phenolic OH excluding ortho intramolecular Hbond substituents is 2. The highest BCUT2D eigenvalue weighted by Gasteiger charge is 2.49. The number of benzene rings is 8. The maximum absolute atomic E-state index is 17.8. The molecule has 636 valence electrons. The third-order valence-corrected chi connectivity index (χ3v) is 57.2. The summed E-state index contributed by atoms with van der Waals surface area (Å²) < 4.78 is 53.1. The first kappa shape index (κ1) is 92.6. The average Bonchev–Trinajstić information content (AvgIpc) is 1.57. The fourth-order valence-electron chi connectivity index (χ4n) is 25.8. The van der Waals surface area contributed by atoms with Crippen LogP contribution in [0.1, 0.15) is 277 Å². The number of aromatic nitrogens is 2. The third kappa shape index (κ3) is 16.4. The average molecular weight is 1660 g/mol. The lowest BCUT2D eigenvalue weighted by molar-refractivity contribution is 0.246. The smallest absolute Gasteiger partial charge is 0.147 e. The highest BCUT2D eigenvalue weighted by atomic mass is 28.3. The van der Waals surface area contributed by atoms with E-state index in [1.807, 2.05) is 19.9 Å². The second kappa shape index (κ2) is 33.9. The monoisotopic (exact) mass is 1660 g/mol. The zero-order valence-electron chi connectivity index (χ0n) is 79.4. The van der Waals surface area contributed by atoms with Crippen molar-refractivity contribution in [1.29, 1.82) is 0 Å². The van der Waals surface area contributed by atoms with Gasteiger partial charge in [0.25, 0.3) is 0 Å². The van der Waals surface area contributed by atoms with Crippen molar-refractivity contribution in [3.63, 3.8) is 0 Å². The number of phenols is 2. The Morgan fingerprint density at radius 3 is 0.915 bits per heavy atom. The van der Waals surface area contributed by atoms with E-state index in [2.05, 4.69) is 336 Å². The second-order valence-corrected chi connectivity index (χ2v) is 67.1. The molecule has 0 aliphatic carbocycles. The summed E-state index contributed by atoms with van der Waals surface area (Å²) in [5.74, 6) is 0.180. The molecule has 0 saturated carbocycles. The summed E-state index contributed by atoms with van der Waals surface area (Å²) >= 11 is 0. The van der Waals surface area contributed by atoms with Crippen molar-refractivity contribution < 1.29 is 28.5 Å². The summed E-state index contributed by atoms with van der Waals surface area (Å²) in [7, 11) is -8.92. The van der Waals surface area contributed by atoms with E-state index in [1.165, 1.54) is 32.9 Å². The normalized spacial score (nSPS) is 13.7. The van der Waals surface area contributed by atoms with Gasteiger partial charge in [0.1, 0.15) is 34.6 Å². The number of hydrogen-bond acceptors (Lipinski definition) is 4. The zero-order valence-corrected chi connectivity index (χ0v) is 83.4. The van der Waals surface area contributed by atoms with Gasteiger partial charge >= 0.3 is 0 Å². The van der Waals surface area contributed by atoms with E-state index >= 15 is 8.78 Å². The SMILES string of the molecule is Cc1cc(F)c(-c2cc(C(C)(C)CC(C)(C)C)cc(-n3c4cc([Si](C(C)C)(C(C)C)C(C)C)ccc4c4ccc([Si](C(C)C)(C(C)C)C(C)C)cc43)c2O)cc1OCCCOc1c(C)cc(F)cc1-c1cc(C(C)(C)CC(C)(C)C)cc(-n2c3cc([Si](C(C)C)(C(C)C)C(C)C)ccc3c3ccc([Si](C(C)C)(C(C)C)C(C)C)cc32)c1O. The van der Waals surface area contributed by atoms with Crippen LogP contribution in [-0.4, -0.2) is 64.9 Å². The fourth-order valence-corrected chi connectivity index (χ4v) is 52.8. The molecule has 10 aromatic rings. The van der Waals surface area contributed by atoms with Gasteiger partial charge in [-0.1, -0.05) is 305 Å². The number of aryl methyl sites for hydroxylation is 2. The molecule has 0 atom stereocenters. The summed E-state index contributed by atoms with van der Waals surface area (Å²) in [6, 6.07) is 44.2. The molecule has 0 amide bonds. The number of ether oxygens (including phenoxy) is 2. The molecule has 10 rings (SSSR count). The molecule has 6 nitrogen and oxygen atoms in total. The van der Waals surface area contributed by atoms with E-state index < -0.39 is 54.8 Å². The van der Waals surface area contributed by atoms with Gasteiger partial charge in [-0.2, -0.15) is 0 Å². The van der Waals surface area contributed by atoms with Crippen LogP contribution in [0.3, 0.4) is 0 Å². The number of halogens is 2. The van der Waals surface area contributed by atoms with Crippen LogP contribution in [0.25, 0.3) is 77.2 Å². The Morgan fingerprint density at radius 2 is 0.624 bits per heavy atom. The number of nitrogens with zero attached hydrogens (tertiary/aromatic N) is 2. The van der Waals surface area contributed by atoms with Crippen molar-refractivity contribution >= 4 is 96.7 Å². The molecule has 0 fully saturated rings. The molecule has 2 aromatic heterocycles. The molecule has 0 aliphatic heterocycles. The fraction of sp³-hybridized carbons (Fsp3) is 0.543. The minimum absolute atomic E-state index is 0.0115. The van der Waals surface area contributed by atoms with Gasteiger partial charge in [0, 0.05) is 50.2 Å². The number of rotatable bonds is 30. The van der Waals surface area contributed by atoms with Crippen LogP contribution in [0.2, 0.25) is 66.5 Å². The minimum Gasteiger partial charge on any atom is -0.505 e. The molecule has 0 radical (unpaired) electrons. The number of aromatic hydroxyl groups is 2. The largest absolute Gasteiger partial charge is 0.505 e. The molecule has 0 spiro atoms. The standard InChI is InChI=1S/C105H152F2N2O4Si4/c1-62(2)114(63(3)4,64(5)6)79-38-42-83-84-43-39-80(115(65(7)8,66(9)10)67(11)12)56-93(84)108(92(83)55-79)96-52-76(104(33,34)60-102(27,28)29)50-88(99(96)110)87-59-98(74(25)49-91(87)107)112-46-37-47-113-101-75(26)48-78(106)54-90(101)89-51-77(105(35,36)61-103(30,31)32)53-97(100(89)111)109-94-57-81(116(68(13)14,69(15)16)70(17)18)40-44-85(94)86-45-41-82(58-95(86)109)117(71(19)20,72(21)22)73(23)24/h38-45,48-59,62-73,110-111H,37,46-47,60-61H2,1-36H3. The minimum atomic E-state index is -2.23. The maximum Gasteiger partial charge on any atom is 0.147 e. The van der Waals surface area contributed by atoms with E-state index in [0.717, 1.165) is 67.6 Å². The molecule has 2 heterocycles. The number of fused-ring (bicyclic) bond motifs is 6. The Hall–Kier alpha value is -6.71. The Labute approximate surface area is 711 Å². The first-order valence-electron chi connectivity index (χ1n) is 45.0. The van der Waals surface area contributed by atoms with Crippen LogP contribution in [0.5, 0.6) is 23.0 Å². The van der Waals surface area contributed by atoms with E-state index in [-0.39, 0.29) is 41.1 Å². The summed E-state index contributed by atoms with van der Waals surface area (Å²) in [6.07, 6.45) is 2.08. The maximum atomic E-state index is 17.8. The molecule has 0 aliphatic rings. The van der Waals surface area contributed by atoms with Gasteiger partial charge in [-0.15, -0.1) is 0 Å². The molecule has 8 aromatic carbocycles. The van der Waals surface area contributed by atoms with Gasteiger partial charge < -0.3 is 28.8 Å². The van der Waals surface area contributed by atoms with Crippen LogP contribution >= 0.6 is 0 Å². The van der Waals surface area contributed by atoms with Crippen LogP contribution < -0.4 is 30.2 Å². The van der Waals surface area contributed by atoms with Crippen LogP contribution in [0.15, 0.2) is 121 Å². The summed E-state index contributed by atoms with van der Waals surface area (Å²) in [5, 5.41) is 37.8. The quantitative estimate of drug-likeness (QED) is 0.0348. The first-order valence-corrected chi connectivity index (χ1v) is 53.9. The van der Waals surface area contributed by atoms with Gasteiger partial charge in [-0.05, 0) is 210 Å². The molecule has 0 bridgehead atoms. The van der Waals surface area contributed by atoms with Crippen molar-refractivity contribution in [3.05, 3.63) is 155 Å². The third-order valence-electron chi connectivity index (χ3n) is 29.0. The van der Waals surface area contributed by atoms with Gasteiger partial charge in [-0.25, -0.2) is 8.78 Å². The Morgan fingerprint density at radius 1 is 0.333 bits per heavy atom. The second-order valence-electron chi connectivity index (χ2n) is 43.5. The predicted octanol–water partition coefficient (Wildman–Crippen LogP) is 30.3. The molecule has 2 N–H and O–H groups in total. The van der Waals surface area contributed by atoms with E-state index in [1.54, 1.807) is 12.1 Å². The number of hydrogen-bond donors (Lipinski definition) is 2. The Kier molecular flexibility index (Phi) is 26.9. The van der Waals surface area contributed by atoms with Crippen LogP contribution in [0, 0.1) is 36.3 Å². The lowest BCUT2D eigenvalue weighted by Gasteiger charge is -2.43. The van der Waals surface area contributed by atoms with Crippen molar-refractivity contribution in [3.8, 4) is 56.6 Å². The summed E-state index contributed by atoms with van der Waals surface area (Å²) in [5.41, 5.74) is 15.1. The highest BCUT2D eigenvalue weighted by Crippen LogP contribution is 2.53. The zero-order chi connectivity index (χ0) is 87.3. The van der Waals surface area contributed by atoms with Crippen LogP contribution in [-0.2, 0) is 10.8 Å². The molecule has 117 heavy (non-hydrogen) atoms. The lowest BCUT2D eigenvalue weighted by atomic mass is 9.71. The van der Waals surface area contributed by atoms with E-state index in [0.29, 0.717) is 124 Å². The summed E-state index contributed by atoms with van der Waals surface area (Å²) in [6.45, 7) is 85.4. The van der Waals surface area contributed by atoms with Crippen molar-refractivity contribution in [2.45, 2.75) is 346 Å². The van der Waals surface area contributed by atoms with Crippen molar-refractivity contribution in [2.24, 2.45) is 10.8 Å². The predicted molar refractivity (Wildman–Crippen MR) is 518 cm³/mol. The Bertz CT molecular complexity index is 5010. The van der Waals surface area contributed by atoms with E-state index in [4.69, 9.17) is 9.47 Å². The van der Waals surface area contributed by atoms with Gasteiger partial charge in [0.2, 0.25) is 0 Å². The molecule has 0 saturated heterocycles. The summed E-state index contributed by atoms with van der Waals surface area (Å²) in [4.78, 5) is 0. The molecular formula is C105H152F2N2O4Si4. The molecule has 0 unspecified atom stereocenters. The topological polar surface area (TPSA) is 68.8 Å². The van der Waals surface area contributed by atoms with Crippen LogP contribution in [0.4, 0.5) is 8.78 Å². The van der Waals surface area contributed by atoms with Crippen molar-refractivity contribution in [2.75, 3.05) is 13.2 Å². The highest BCUT2D eigenvalue weighted by molar-refractivity contribution is 6.97. The Balaban J connectivity index is 1.12. The van der Waals surface area contributed by atoms with Gasteiger partial charge in [-0.3, -0.25) is 0 Å². The molecular weight excluding hydrogens is 1500 g/mol.